The lowest BCUT2D eigenvalue weighted by Crippen LogP contribution is -2.69. The highest BCUT2D eigenvalue weighted by Gasteiger charge is 2.65. The molecule has 3 aliphatic rings. The number of esters is 3. The molecule has 1 N–H and O–H groups in total. The summed E-state index contributed by atoms with van der Waals surface area (Å²) in [5.41, 5.74) is -0.599. The van der Waals surface area contributed by atoms with Gasteiger partial charge in [-0.25, -0.2) is 0 Å². The Morgan fingerprint density at radius 1 is 1.08 bits per heavy atom. The molecule has 1 unspecified atom stereocenters. The Morgan fingerprint density at radius 2 is 1.78 bits per heavy atom. The van der Waals surface area contributed by atoms with Crippen LogP contribution in [0.5, 0.6) is 0 Å². The zero-order valence-electron chi connectivity index (χ0n) is 22.9. The van der Waals surface area contributed by atoms with Gasteiger partial charge in [-0.15, -0.1) is 0 Å². The van der Waals surface area contributed by atoms with Gasteiger partial charge in [0.25, 0.3) is 0 Å². The molecule has 11 nitrogen and oxygen atoms in total. The van der Waals surface area contributed by atoms with Crippen molar-refractivity contribution in [1.82, 2.24) is 0 Å². The summed E-state index contributed by atoms with van der Waals surface area (Å²) in [4.78, 5) is 35.4. The van der Waals surface area contributed by atoms with Crippen LogP contribution in [0, 0.1) is 11.3 Å². The van der Waals surface area contributed by atoms with Crippen molar-refractivity contribution in [2.45, 2.75) is 116 Å². The van der Waals surface area contributed by atoms with E-state index in [1.54, 1.807) is 20.8 Å². The number of fused-ring (bicyclic) bond motifs is 2. The van der Waals surface area contributed by atoms with Crippen LogP contribution in [0.2, 0.25) is 0 Å². The number of carbonyl (C=O) groups is 3. The first kappa shape index (κ1) is 29.8. The molecule has 0 aliphatic carbocycles. The van der Waals surface area contributed by atoms with Crippen molar-refractivity contribution in [3.63, 3.8) is 0 Å². The van der Waals surface area contributed by atoms with Crippen LogP contribution in [0.15, 0.2) is 0 Å². The van der Waals surface area contributed by atoms with E-state index in [1.807, 2.05) is 6.92 Å². The summed E-state index contributed by atoms with van der Waals surface area (Å²) in [5.74, 6) is -2.52. The predicted molar refractivity (Wildman–Crippen MR) is 128 cm³/mol. The first-order chi connectivity index (χ1) is 17.3. The minimum Gasteiger partial charge on any atom is -0.466 e. The third-order valence-electron chi connectivity index (χ3n) is 7.06. The zero-order valence-corrected chi connectivity index (χ0v) is 22.9. The summed E-state index contributed by atoms with van der Waals surface area (Å²) in [6.45, 7) is 10.3. The third-order valence-corrected chi connectivity index (χ3v) is 7.06. The molecule has 3 heterocycles. The molecule has 212 valence electrons. The molecule has 37 heavy (non-hydrogen) atoms. The van der Waals surface area contributed by atoms with Gasteiger partial charge < -0.3 is 38.3 Å². The molecule has 3 aliphatic heterocycles. The monoisotopic (exact) mass is 530 g/mol. The van der Waals surface area contributed by atoms with Crippen molar-refractivity contribution in [3.05, 3.63) is 0 Å². The van der Waals surface area contributed by atoms with Crippen LogP contribution in [0.3, 0.4) is 0 Å². The summed E-state index contributed by atoms with van der Waals surface area (Å²) in [7, 11) is 1.49. The van der Waals surface area contributed by atoms with E-state index in [4.69, 9.17) is 33.2 Å². The van der Waals surface area contributed by atoms with E-state index in [2.05, 4.69) is 0 Å². The zero-order chi connectivity index (χ0) is 27.5. The molecule has 9 atom stereocenters. The molecule has 0 aromatic carbocycles. The van der Waals surface area contributed by atoms with Crippen molar-refractivity contribution in [3.8, 4) is 0 Å². The highest BCUT2D eigenvalue weighted by molar-refractivity contribution is 5.75. The summed E-state index contributed by atoms with van der Waals surface area (Å²) >= 11 is 0. The molecule has 0 aromatic rings. The maximum atomic E-state index is 12.1. The van der Waals surface area contributed by atoms with Gasteiger partial charge in [0, 0.05) is 33.8 Å². The normalized spacial score (nSPS) is 36.2. The van der Waals surface area contributed by atoms with Crippen molar-refractivity contribution in [2.24, 2.45) is 11.3 Å². The quantitative estimate of drug-likeness (QED) is 0.346. The smallest absolute Gasteiger partial charge is 0.311 e. The predicted octanol–water partition coefficient (Wildman–Crippen LogP) is 1.90. The first-order valence-corrected chi connectivity index (χ1v) is 13.0. The van der Waals surface area contributed by atoms with Crippen molar-refractivity contribution >= 4 is 17.9 Å². The van der Waals surface area contributed by atoms with Gasteiger partial charge in [0.15, 0.2) is 18.0 Å². The molecule has 0 bridgehead atoms. The highest BCUT2D eigenvalue weighted by Crippen LogP contribution is 2.47. The molecule has 3 fully saturated rings. The van der Waals surface area contributed by atoms with Gasteiger partial charge in [-0.05, 0) is 39.5 Å². The Hall–Kier alpha value is -1.79. The van der Waals surface area contributed by atoms with Gasteiger partial charge in [0.1, 0.15) is 18.3 Å². The number of methoxy groups -OCH3 is 1. The van der Waals surface area contributed by atoms with Gasteiger partial charge in [-0.3, -0.25) is 14.4 Å². The van der Waals surface area contributed by atoms with Crippen LogP contribution in [0.25, 0.3) is 0 Å². The average molecular weight is 531 g/mol. The minimum atomic E-state index is -1.25. The molecule has 0 aromatic heterocycles. The molecule has 11 heteroatoms. The average Bonchev–Trinajstić information content (AvgIpc) is 3.11. The van der Waals surface area contributed by atoms with Crippen LogP contribution in [0.4, 0.5) is 0 Å². The fraction of sp³-hybridized carbons (Fsp3) is 0.885. The second kappa shape index (κ2) is 11.9. The summed E-state index contributed by atoms with van der Waals surface area (Å²) in [6, 6.07) is 0. The second-order valence-electron chi connectivity index (χ2n) is 11.3. The maximum Gasteiger partial charge on any atom is 0.311 e. The van der Waals surface area contributed by atoms with Crippen molar-refractivity contribution < 1.29 is 52.6 Å². The Balaban J connectivity index is 1.73. The van der Waals surface area contributed by atoms with E-state index in [0.717, 1.165) is 0 Å². The maximum absolute atomic E-state index is 12.1. The fourth-order valence-corrected chi connectivity index (χ4v) is 5.12. The van der Waals surface area contributed by atoms with E-state index in [9.17, 15) is 19.5 Å². The lowest BCUT2D eigenvalue weighted by molar-refractivity contribution is -0.382. The van der Waals surface area contributed by atoms with Gasteiger partial charge in [-0.2, -0.15) is 0 Å². The molecule has 0 spiro atoms. The Kier molecular flexibility index (Phi) is 9.61. The van der Waals surface area contributed by atoms with E-state index in [-0.39, 0.29) is 37.2 Å². The highest BCUT2D eigenvalue weighted by atomic mass is 16.7. The number of hydrogen-bond donors (Lipinski definition) is 1. The summed E-state index contributed by atoms with van der Waals surface area (Å²) in [5, 5.41) is 11.1. The number of hydrogen-bond acceptors (Lipinski definition) is 11. The standard InChI is InChI=1S/C26H42O11/c1-14(13-33-15(2)27)12-18-19(29)20-21(36-18)22(34-16(3)28)23-26(31-7,37-20)10-8-17(35-23)9-11-32-24(30)25(4,5)6/h14,17-23,29H,8-13H2,1-7H3/t14-,17-,18-,19+,20+,21-,22+,23-,26?/m1/s1. The fourth-order valence-electron chi connectivity index (χ4n) is 5.12. The lowest BCUT2D eigenvalue weighted by Gasteiger charge is -2.53. The number of aliphatic hydroxyl groups excluding tert-OH is 1. The molecule has 0 amide bonds. The number of rotatable bonds is 9. The van der Waals surface area contributed by atoms with E-state index >= 15 is 0 Å². The third kappa shape index (κ3) is 7.00. The SMILES string of the molecule is COC12CC[C@H](CCOC(=O)C(C)(C)C)O[C@@H]1[C@@H](OC(C)=O)[C@@H]1O[C@H](C[C@@H](C)COC(C)=O)[C@H](O)[C@@H]1O2. The molecule has 3 saturated heterocycles. The molecular weight excluding hydrogens is 488 g/mol. The number of aliphatic hydroxyl groups is 1. The van der Waals surface area contributed by atoms with E-state index in [0.29, 0.717) is 25.7 Å². The van der Waals surface area contributed by atoms with Crippen molar-refractivity contribution in [1.29, 1.82) is 0 Å². The second-order valence-corrected chi connectivity index (χ2v) is 11.3. The molecule has 3 rings (SSSR count). The van der Waals surface area contributed by atoms with Crippen molar-refractivity contribution in [2.75, 3.05) is 20.3 Å². The molecular formula is C26H42O11. The number of carbonyl (C=O) groups excluding carboxylic acids is 3. The molecule has 0 saturated carbocycles. The van der Waals surface area contributed by atoms with Crippen LogP contribution in [-0.2, 0) is 47.5 Å². The topological polar surface area (TPSA) is 136 Å². The largest absolute Gasteiger partial charge is 0.466 e. The lowest BCUT2D eigenvalue weighted by atomic mass is 9.84. The summed E-state index contributed by atoms with van der Waals surface area (Å²) in [6.07, 6.45) is -3.37. The Morgan fingerprint density at radius 3 is 2.38 bits per heavy atom. The van der Waals surface area contributed by atoms with Crippen LogP contribution < -0.4 is 0 Å². The van der Waals surface area contributed by atoms with E-state index in [1.165, 1.54) is 21.0 Å². The Labute approximate surface area is 218 Å². The van der Waals surface area contributed by atoms with Gasteiger partial charge in [-0.1, -0.05) is 6.92 Å². The van der Waals surface area contributed by atoms with Gasteiger partial charge in [0.2, 0.25) is 0 Å². The minimum absolute atomic E-state index is 0.0778. The van der Waals surface area contributed by atoms with Gasteiger partial charge >= 0.3 is 17.9 Å². The summed E-state index contributed by atoms with van der Waals surface area (Å²) < 4.78 is 40.9. The molecule has 0 radical (unpaired) electrons. The first-order valence-electron chi connectivity index (χ1n) is 13.0. The van der Waals surface area contributed by atoms with Crippen LogP contribution in [0.1, 0.15) is 67.2 Å². The van der Waals surface area contributed by atoms with Gasteiger partial charge in [0.05, 0.1) is 30.8 Å². The van der Waals surface area contributed by atoms with Crippen LogP contribution in [-0.4, -0.2) is 91.9 Å². The van der Waals surface area contributed by atoms with Crippen LogP contribution >= 0.6 is 0 Å². The number of ether oxygens (including phenoxy) is 7. The Bertz CT molecular complexity index is 824. The van der Waals surface area contributed by atoms with E-state index < -0.39 is 53.8 Å².